The first-order valence-electron chi connectivity index (χ1n) is 6.47. The van der Waals surface area contributed by atoms with Gasteiger partial charge in [0.25, 0.3) is 0 Å². The number of benzene rings is 2. The average molecular weight is 335 g/mol. The standard InChI is InChI=1S/C17H14N2.Y/c1-13-15-9-5-6-10-16(15)17-11-18(12-19(13)17)14-7-3-2-4-8-14;/h2-12H,1H3;. The van der Waals surface area contributed by atoms with Gasteiger partial charge >= 0.3 is 0 Å². The van der Waals surface area contributed by atoms with Gasteiger partial charge in [-0.2, -0.15) is 0 Å². The summed E-state index contributed by atoms with van der Waals surface area (Å²) < 4.78 is 4.44. The Morgan fingerprint density at radius 2 is 1.65 bits per heavy atom. The van der Waals surface area contributed by atoms with Crippen molar-refractivity contribution in [3.63, 3.8) is 0 Å². The molecule has 2 aromatic carbocycles. The summed E-state index contributed by atoms with van der Waals surface area (Å²) in [4.78, 5) is 0. The predicted octanol–water partition coefficient (Wildman–Crippen LogP) is 3.39. The van der Waals surface area contributed by atoms with Crippen LogP contribution in [0.5, 0.6) is 0 Å². The van der Waals surface area contributed by atoms with Crippen LogP contribution in [0.2, 0.25) is 0 Å². The van der Waals surface area contributed by atoms with Crippen LogP contribution in [0.3, 0.4) is 0 Å². The summed E-state index contributed by atoms with van der Waals surface area (Å²) in [5.41, 5.74) is 3.74. The molecule has 0 aliphatic heterocycles. The smallest absolute Gasteiger partial charge is 0.190 e. The third kappa shape index (κ3) is 1.95. The third-order valence-corrected chi connectivity index (χ3v) is 3.77. The molecule has 20 heavy (non-hydrogen) atoms. The Bertz CT molecular complexity index is 872. The van der Waals surface area contributed by atoms with Crippen molar-refractivity contribution in [3.8, 4) is 5.69 Å². The number of para-hydroxylation sites is 1. The molecule has 0 amide bonds. The second kappa shape index (κ2) is 5.19. The molecule has 0 aliphatic rings. The van der Waals surface area contributed by atoms with E-state index in [-0.39, 0.29) is 32.7 Å². The largest absolute Gasteiger partial charge is 0.302 e. The molecule has 0 aliphatic carbocycles. The van der Waals surface area contributed by atoms with Gasteiger partial charge in [-0.15, -0.1) is 6.07 Å². The van der Waals surface area contributed by atoms with Crippen molar-refractivity contribution in [1.29, 1.82) is 0 Å². The zero-order valence-electron chi connectivity index (χ0n) is 11.3. The van der Waals surface area contributed by atoms with E-state index < -0.39 is 0 Å². The van der Waals surface area contributed by atoms with E-state index in [1.54, 1.807) is 0 Å². The molecule has 1 radical (unpaired) electrons. The van der Waals surface area contributed by atoms with Gasteiger partial charge in [-0.3, -0.25) is 0 Å². The maximum atomic E-state index is 2.26. The van der Waals surface area contributed by atoms with Crippen molar-refractivity contribution in [1.82, 2.24) is 4.57 Å². The van der Waals surface area contributed by atoms with Crippen LogP contribution in [0, 0.1) is 6.92 Å². The van der Waals surface area contributed by atoms with E-state index in [4.69, 9.17) is 0 Å². The van der Waals surface area contributed by atoms with E-state index in [2.05, 4.69) is 76.9 Å². The molecule has 0 N–H and O–H groups in total. The summed E-state index contributed by atoms with van der Waals surface area (Å²) in [6.45, 7) is 2.17. The second-order valence-corrected chi connectivity index (χ2v) is 4.87. The van der Waals surface area contributed by atoms with Crippen LogP contribution in [-0.2, 0) is 32.7 Å². The van der Waals surface area contributed by atoms with Crippen LogP contribution in [0.1, 0.15) is 5.69 Å². The summed E-state index contributed by atoms with van der Waals surface area (Å²) in [5.74, 6) is 0. The van der Waals surface area contributed by atoms with Gasteiger partial charge in [0.1, 0.15) is 5.69 Å². The molecule has 0 atom stereocenters. The van der Waals surface area contributed by atoms with E-state index >= 15 is 0 Å². The van der Waals surface area contributed by atoms with Crippen molar-refractivity contribution in [2.75, 3.05) is 0 Å². The summed E-state index contributed by atoms with van der Waals surface area (Å²) in [6.07, 6.45) is 4.35. The molecule has 0 saturated carbocycles. The fourth-order valence-electron chi connectivity index (χ4n) is 2.77. The Morgan fingerprint density at radius 1 is 0.950 bits per heavy atom. The Labute approximate surface area is 142 Å². The predicted molar refractivity (Wildman–Crippen MR) is 76.8 cm³/mol. The zero-order valence-corrected chi connectivity index (χ0v) is 14.2. The molecule has 0 bridgehead atoms. The molecular formula is C17H14N2Y. The number of aryl methyl sites for hydroxylation is 1. The van der Waals surface area contributed by atoms with Gasteiger partial charge in [-0.25, -0.2) is 4.57 Å². The van der Waals surface area contributed by atoms with Crippen LogP contribution < -0.4 is 4.40 Å². The fourth-order valence-corrected chi connectivity index (χ4v) is 2.77. The van der Waals surface area contributed by atoms with E-state index in [9.17, 15) is 0 Å². The van der Waals surface area contributed by atoms with Crippen molar-refractivity contribution >= 4 is 16.3 Å². The molecule has 4 rings (SSSR count). The van der Waals surface area contributed by atoms with E-state index in [0.29, 0.717) is 0 Å². The maximum absolute atomic E-state index is 2.26. The quantitative estimate of drug-likeness (QED) is 0.373. The Kier molecular flexibility index (Phi) is 3.53. The molecule has 2 heterocycles. The number of hydrogen-bond donors (Lipinski definition) is 0. The average Bonchev–Trinajstić information content (AvgIpc) is 3.01. The van der Waals surface area contributed by atoms with Crippen LogP contribution in [-0.4, -0.2) is 4.57 Å². The van der Waals surface area contributed by atoms with Gasteiger partial charge in [-0.1, -0.05) is 47.2 Å². The SMILES string of the molecule is C[c-]1c2ccccc2c2cn(-c3ccccc3)c[n+]21.[Y]. The van der Waals surface area contributed by atoms with Crippen molar-refractivity contribution in [2.24, 2.45) is 0 Å². The molecule has 0 saturated heterocycles. The summed E-state index contributed by atoms with van der Waals surface area (Å²) >= 11 is 0. The Morgan fingerprint density at radius 3 is 2.45 bits per heavy atom. The number of hydrogen-bond acceptors (Lipinski definition) is 0. The number of aromatic nitrogens is 2. The Balaban J connectivity index is 0.00000121. The molecule has 2 aromatic heterocycles. The van der Waals surface area contributed by atoms with E-state index in [0.717, 1.165) is 0 Å². The van der Waals surface area contributed by atoms with Crippen molar-refractivity contribution in [3.05, 3.63) is 72.8 Å². The minimum Gasteiger partial charge on any atom is -0.302 e. The van der Waals surface area contributed by atoms with Crippen molar-refractivity contribution in [2.45, 2.75) is 6.92 Å². The molecule has 3 heteroatoms. The minimum atomic E-state index is 0. The van der Waals surface area contributed by atoms with E-state index in [1.807, 2.05) is 6.07 Å². The molecular weight excluding hydrogens is 321 g/mol. The zero-order chi connectivity index (χ0) is 12.8. The first-order valence-corrected chi connectivity index (χ1v) is 6.47. The maximum Gasteiger partial charge on any atom is 0.190 e. The third-order valence-electron chi connectivity index (χ3n) is 3.77. The first kappa shape index (κ1) is 13.6. The monoisotopic (exact) mass is 335 g/mol. The summed E-state index contributed by atoms with van der Waals surface area (Å²) in [6, 6.07) is 19.0. The molecule has 2 nitrogen and oxygen atoms in total. The molecule has 0 unspecified atom stereocenters. The number of rotatable bonds is 1. The molecule has 4 aromatic rings. The molecule has 0 fully saturated rings. The topological polar surface area (TPSA) is 9.03 Å². The van der Waals surface area contributed by atoms with Gasteiger partial charge in [0.2, 0.25) is 0 Å². The second-order valence-electron chi connectivity index (χ2n) is 4.87. The normalized spacial score (nSPS) is 10.8. The van der Waals surface area contributed by atoms with Crippen molar-refractivity contribution < 1.29 is 37.1 Å². The Hall–Kier alpha value is -1.38. The van der Waals surface area contributed by atoms with Gasteiger partial charge in [0, 0.05) is 38.4 Å². The number of imidazole rings is 1. The molecule has 95 valence electrons. The first-order chi connectivity index (χ1) is 9.34. The van der Waals surface area contributed by atoms with E-state index in [1.165, 1.54) is 27.7 Å². The van der Waals surface area contributed by atoms with Gasteiger partial charge < -0.3 is 4.40 Å². The van der Waals surface area contributed by atoms with Crippen LogP contribution in [0.15, 0.2) is 67.1 Å². The van der Waals surface area contributed by atoms with Crippen LogP contribution in [0.4, 0.5) is 0 Å². The molecule has 0 spiro atoms. The van der Waals surface area contributed by atoms with Crippen LogP contribution >= 0.6 is 0 Å². The summed E-state index contributed by atoms with van der Waals surface area (Å²) in [7, 11) is 0. The van der Waals surface area contributed by atoms with Gasteiger partial charge in [-0.05, 0) is 19.1 Å². The van der Waals surface area contributed by atoms with Crippen LogP contribution in [0.25, 0.3) is 22.0 Å². The summed E-state index contributed by atoms with van der Waals surface area (Å²) in [5, 5.41) is 2.65. The minimum absolute atomic E-state index is 0. The number of fused-ring (bicyclic) bond motifs is 3. The fraction of sp³-hybridized carbons (Fsp3) is 0.0588. The number of nitrogens with zero attached hydrogens (tertiary/aromatic N) is 2. The van der Waals surface area contributed by atoms with Gasteiger partial charge in [0.15, 0.2) is 6.33 Å². The van der Waals surface area contributed by atoms with Gasteiger partial charge in [0.05, 0.1) is 11.7 Å².